The molecule has 1 unspecified atom stereocenters. The lowest BCUT2D eigenvalue weighted by Crippen LogP contribution is -2.32. The van der Waals surface area contributed by atoms with E-state index >= 15 is 0 Å². The van der Waals surface area contributed by atoms with Gasteiger partial charge in [0.2, 0.25) is 5.95 Å². The smallest absolute Gasteiger partial charge is 0.271 e. The standard InChI is InChI=1S/C22H25ClFN7O2/c1-13-9-27-22(29-17-2-4-33-5-3-17)30-20(13)31-11-19(28-12-31)21(32)26-10-18(25)14-6-15(23)8-16(24)7-14/h6-9,11-12,17-18H,2-5,10,25H2,1H3,(H,26,32)(H,27,29,30). The molecular weight excluding hydrogens is 449 g/mol. The van der Waals surface area contributed by atoms with Gasteiger partial charge >= 0.3 is 0 Å². The van der Waals surface area contributed by atoms with Crippen LogP contribution in [0.25, 0.3) is 5.82 Å². The summed E-state index contributed by atoms with van der Waals surface area (Å²) in [6, 6.07) is 3.70. The van der Waals surface area contributed by atoms with Gasteiger partial charge in [-0.25, -0.2) is 14.4 Å². The third kappa shape index (κ3) is 5.84. The van der Waals surface area contributed by atoms with Crippen molar-refractivity contribution in [3.8, 4) is 5.82 Å². The number of amides is 1. The van der Waals surface area contributed by atoms with E-state index in [2.05, 4.69) is 25.6 Å². The molecule has 33 heavy (non-hydrogen) atoms. The third-order valence-corrected chi connectivity index (χ3v) is 5.57. The molecule has 0 bridgehead atoms. The van der Waals surface area contributed by atoms with E-state index in [1.165, 1.54) is 18.5 Å². The fourth-order valence-electron chi connectivity index (χ4n) is 3.54. The lowest BCUT2D eigenvalue weighted by Gasteiger charge is -2.23. The van der Waals surface area contributed by atoms with Crippen LogP contribution in [0.2, 0.25) is 5.02 Å². The molecule has 11 heteroatoms. The summed E-state index contributed by atoms with van der Waals surface area (Å²) in [6.07, 6.45) is 6.63. The molecule has 4 rings (SSSR count). The average Bonchev–Trinajstić information content (AvgIpc) is 3.29. The van der Waals surface area contributed by atoms with Crippen LogP contribution in [0.3, 0.4) is 0 Å². The summed E-state index contributed by atoms with van der Waals surface area (Å²) in [4.78, 5) is 25.7. The maximum Gasteiger partial charge on any atom is 0.271 e. The molecular formula is C22H25ClFN7O2. The highest BCUT2D eigenvalue weighted by atomic mass is 35.5. The van der Waals surface area contributed by atoms with E-state index in [-0.39, 0.29) is 23.3 Å². The molecule has 3 heterocycles. The molecule has 1 saturated heterocycles. The summed E-state index contributed by atoms with van der Waals surface area (Å²) in [5.41, 5.74) is 7.60. The van der Waals surface area contributed by atoms with Gasteiger partial charge in [-0.05, 0) is 43.5 Å². The predicted molar refractivity (Wildman–Crippen MR) is 122 cm³/mol. The number of benzene rings is 1. The number of nitrogens with two attached hydrogens (primary N) is 1. The molecule has 1 atom stereocenters. The van der Waals surface area contributed by atoms with Gasteiger partial charge < -0.3 is 21.1 Å². The quantitative estimate of drug-likeness (QED) is 0.482. The summed E-state index contributed by atoms with van der Waals surface area (Å²) in [5.74, 6) is 0.252. The molecule has 1 amide bonds. The van der Waals surface area contributed by atoms with Crippen LogP contribution in [-0.2, 0) is 4.74 Å². The molecule has 2 aromatic heterocycles. The summed E-state index contributed by atoms with van der Waals surface area (Å²) < 4.78 is 20.6. The lowest BCUT2D eigenvalue weighted by molar-refractivity contribution is 0.0903. The van der Waals surface area contributed by atoms with Crippen molar-refractivity contribution in [2.75, 3.05) is 25.1 Å². The number of rotatable bonds is 7. The number of carbonyl (C=O) groups excluding carboxylic acids is 1. The van der Waals surface area contributed by atoms with Crippen molar-refractivity contribution in [2.24, 2.45) is 5.73 Å². The molecule has 174 valence electrons. The van der Waals surface area contributed by atoms with Gasteiger partial charge in [0.15, 0.2) is 0 Å². The number of halogens is 2. The van der Waals surface area contributed by atoms with Crippen LogP contribution in [0.4, 0.5) is 10.3 Å². The molecule has 1 fully saturated rings. The Balaban J connectivity index is 1.41. The van der Waals surface area contributed by atoms with Crippen molar-refractivity contribution in [1.82, 2.24) is 24.8 Å². The molecule has 0 saturated carbocycles. The highest BCUT2D eigenvalue weighted by molar-refractivity contribution is 6.30. The monoisotopic (exact) mass is 473 g/mol. The van der Waals surface area contributed by atoms with E-state index in [9.17, 15) is 9.18 Å². The van der Waals surface area contributed by atoms with Gasteiger partial charge in [-0.1, -0.05) is 11.6 Å². The molecule has 3 aromatic rings. The highest BCUT2D eigenvalue weighted by Crippen LogP contribution is 2.19. The van der Waals surface area contributed by atoms with Crippen LogP contribution in [0.5, 0.6) is 0 Å². The van der Waals surface area contributed by atoms with E-state index in [1.54, 1.807) is 23.0 Å². The van der Waals surface area contributed by atoms with E-state index in [0.29, 0.717) is 30.5 Å². The van der Waals surface area contributed by atoms with Gasteiger partial charge in [-0.2, -0.15) is 4.98 Å². The minimum Gasteiger partial charge on any atom is -0.381 e. The van der Waals surface area contributed by atoms with Crippen molar-refractivity contribution < 1.29 is 13.9 Å². The van der Waals surface area contributed by atoms with Crippen LogP contribution < -0.4 is 16.4 Å². The second-order valence-electron chi connectivity index (χ2n) is 7.92. The Bertz CT molecular complexity index is 1110. The first-order chi connectivity index (χ1) is 15.9. The normalized spacial score (nSPS) is 15.3. The first kappa shape index (κ1) is 23.1. The second kappa shape index (κ2) is 10.2. The number of hydrogen-bond donors (Lipinski definition) is 3. The molecule has 1 aliphatic rings. The van der Waals surface area contributed by atoms with Gasteiger partial charge in [-0.3, -0.25) is 9.36 Å². The zero-order valence-corrected chi connectivity index (χ0v) is 18.8. The average molecular weight is 474 g/mol. The first-order valence-electron chi connectivity index (χ1n) is 10.6. The SMILES string of the molecule is Cc1cnc(NC2CCOCC2)nc1-n1cnc(C(=O)NCC(N)c2cc(F)cc(Cl)c2)c1. The maximum atomic E-state index is 13.5. The summed E-state index contributed by atoms with van der Waals surface area (Å²) in [6.45, 7) is 3.41. The van der Waals surface area contributed by atoms with E-state index in [4.69, 9.17) is 22.1 Å². The Hall–Kier alpha value is -3.08. The van der Waals surface area contributed by atoms with Gasteiger partial charge in [0.05, 0.1) is 0 Å². The van der Waals surface area contributed by atoms with Gasteiger partial charge in [-0.15, -0.1) is 0 Å². The van der Waals surface area contributed by atoms with Crippen molar-refractivity contribution in [2.45, 2.75) is 31.8 Å². The van der Waals surface area contributed by atoms with Crippen molar-refractivity contribution in [3.63, 3.8) is 0 Å². The van der Waals surface area contributed by atoms with E-state index < -0.39 is 17.8 Å². The third-order valence-electron chi connectivity index (χ3n) is 5.35. The number of carbonyl (C=O) groups is 1. The molecule has 4 N–H and O–H groups in total. The van der Waals surface area contributed by atoms with Gasteiger partial charge in [0, 0.05) is 54.8 Å². The second-order valence-corrected chi connectivity index (χ2v) is 8.35. The van der Waals surface area contributed by atoms with Gasteiger partial charge in [0.1, 0.15) is 23.7 Å². The fourth-order valence-corrected chi connectivity index (χ4v) is 3.77. The number of imidazole rings is 1. The Morgan fingerprint density at radius 3 is 2.88 bits per heavy atom. The first-order valence-corrected chi connectivity index (χ1v) is 11.0. The zero-order chi connectivity index (χ0) is 23.4. The van der Waals surface area contributed by atoms with Crippen LogP contribution in [0.15, 0.2) is 36.9 Å². The highest BCUT2D eigenvalue weighted by Gasteiger charge is 2.17. The van der Waals surface area contributed by atoms with Crippen molar-refractivity contribution >= 4 is 23.5 Å². The molecule has 0 radical (unpaired) electrons. The molecule has 0 spiro atoms. The number of aromatic nitrogens is 4. The number of aryl methyl sites for hydroxylation is 1. The van der Waals surface area contributed by atoms with Gasteiger partial charge in [0.25, 0.3) is 5.91 Å². The summed E-state index contributed by atoms with van der Waals surface area (Å²) in [7, 11) is 0. The Morgan fingerprint density at radius 1 is 1.33 bits per heavy atom. The van der Waals surface area contributed by atoms with Crippen LogP contribution in [-0.4, -0.2) is 51.2 Å². The lowest BCUT2D eigenvalue weighted by atomic mass is 10.1. The molecule has 9 nitrogen and oxygen atoms in total. The number of hydrogen-bond acceptors (Lipinski definition) is 7. The minimum atomic E-state index is -0.618. The molecule has 1 aromatic carbocycles. The predicted octanol–water partition coefficient (Wildman–Crippen LogP) is 2.78. The molecule has 0 aliphatic carbocycles. The zero-order valence-electron chi connectivity index (χ0n) is 18.1. The van der Waals surface area contributed by atoms with Crippen LogP contribution in [0.1, 0.15) is 40.5 Å². The number of nitrogens with one attached hydrogen (secondary N) is 2. The van der Waals surface area contributed by atoms with Crippen LogP contribution in [0, 0.1) is 12.7 Å². The Kier molecular flexibility index (Phi) is 7.17. The fraction of sp³-hybridized carbons (Fsp3) is 0.364. The summed E-state index contributed by atoms with van der Waals surface area (Å²) >= 11 is 5.88. The van der Waals surface area contributed by atoms with E-state index in [1.807, 2.05) is 6.92 Å². The Labute approximate surface area is 195 Å². The topological polar surface area (TPSA) is 120 Å². The van der Waals surface area contributed by atoms with Crippen molar-refractivity contribution in [3.05, 3.63) is 64.6 Å². The Morgan fingerprint density at radius 2 is 2.12 bits per heavy atom. The maximum absolute atomic E-state index is 13.5. The van der Waals surface area contributed by atoms with E-state index in [0.717, 1.165) is 18.4 Å². The largest absolute Gasteiger partial charge is 0.381 e. The van der Waals surface area contributed by atoms with Crippen molar-refractivity contribution in [1.29, 1.82) is 0 Å². The number of ether oxygens (including phenoxy) is 1. The van der Waals surface area contributed by atoms with Crippen LogP contribution >= 0.6 is 11.6 Å². The minimum absolute atomic E-state index is 0.0944. The number of nitrogens with zero attached hydrogens (tertiary/aromatic N) is 4. The summed E-state index contributed by atoms with van der Waals surface area (Å²) in [5, 5.41) is 6.30. The molecule has 1 aliphatic heterocycles. The number of anilines is 1.